The van der Waals surface area contributed by atoms with Crippen LogP contribution in [0, 0.1) is 5.92 Å². The molecule has 0 spiro atoms. The predicted octanol–water partition coefficient (Wildman–Crippen LogP) is 2.82. The Kier molecular flexibility index (Phi) is 5.93. The average Bonchev–Trinajstić information content (AvgIpc) is 2.61. The van der Waals surface area contributed by atoms with Crippen LogP contribution in [0.2, 0.25) is 0 Å². The van der Waals surface area contributed by atoms with Gasteiger partial charge in [0.2, 0.25) is 0 Å². The third-order valence-corrected chi connectivity index (χ3v) is 4.31. The van der Waals surface area contributed by atoms with Crippen molar-refractivity contribution in [3.63, 3.8) is 0 Å². The van der Waals surface area contributed by atoms with Gasteiger partial charge in [0.05, 0.1) is 5.60 Å². The minimum atomic E-state index is -1.06. The molecule has 0 bridgehead atoms. The third-order valence-electron chi connectivity index (χ3n) is 4.31. The first-order valence-corrected chi connectivity index (χ1v) is 8.26. The maximum Gasteiger partial charge on any atom is 0.313 e. The molecule has 2 aromatic carbocycles. The molecule has 2 rings (SSSR count). The second kappa shape index (κ2) is 7.94. The monoisotopic (exact) mass is 340 g/mol. The minimum absolute atomic E-state index is 0.0177. The summed E-state index contributed by atoms with van der Waals surface area (Å²) in [7, 11) is 0. The van der Waals surface area contributed by atoms with Gasteiger partial charge >= 0.3 is 11.8 Å². The summed E-state index contributed by atoms with van der Waals surface area (Å²) in [6.45, 7) is 5.34. The quantitative estimate of drug-likeness (QED) is 0.732. The molecular weight excluding hydrogens is 316 g/mol. The Morgan fingerprint density at radius 3 is 2.08 bits per heavy atom. The van der Waals surface area contributed by atoms with Crippen LogP contribution in [-0.4, -0.2) is 29.1 Å². The van der Waals surface area contributed by atoms with Crippen LogP contribution in [0.3, 0.4) is 0 Å². The summed E-state index contributed by atoms with van der Waals surface area (Å²) < 4.78 is 0. The first kappa shape index (κ1) is 18.7. The van der Waals surface area contributed by atoms with Gasteiger partial charge in [0, 0.05) is 12.2 Å². The number of carbonyl (C=O) groups is 2. The molecule has 0 aliphatic carbocycles. The average molecular weight is 340 g/mol. The maximum atomic E-state index is 11.9. The summed E-state index contributed by atoms with van der Waals surface area (Å²) in [5.74, 6) is -1.57. The maximum absolute atomic E-state index is 11.9. The van der Waals surface area contributed by atoms with Crippen LogP contribution < -0.4 is 10.6 Å². The molecule has 2 aromatic rings. The minimum Gasteiger partial charge on any atom is -0.388 e. The number of nitrogens with one attached hydrogen (secondary N) is 2. The largest absolute Gasteiger partial charge is 0.388 e. The fraction of sp³-hybridized carbons (Fsp3) is 0.300. The Labute approximate surface area is 148 Å². The van der Waals surface area contributed by atoms with Crippen molar-refractivity contribution in [1.29, 1.82) is 0 Å². The van der Waals surface area contributed by atoms with Gasteiger partial charge < -0.3 is 15.7 Å². The van der Waals surface area contributed by atoms with Crippen LogP contribution in [0.4, 0.5) is 5.69 Å². The fourth-order valence-corrected chi connectivity index (χ4v) is 2.11. The Morgan fingerprint density at radius 1 is 0.960 bits per heavy atom. The SMILES string of the molecule is CC(C)C(C)(O)CNC(=O)C(=O)Nc1ccc(-c2ccccc2)cc1. The van der Waals surface area contributed by atoms with Crippen molar-refractivity contribution >= 4 is 17.5 Å². The molecule has 2 amide bonds. The van der Waals surface area contributed by atoms with Gasteiger partial charge in [-0.15, -0.1) is 0 Å². The summed E-state index contributed by atoms with van der Waals surface area (Å²) in [5.41, 5.74) is 1.58. The van der Waals surface area contributed by atoms with Crippen molar-refractivity contribution in [3.8, 4) is 11.1 Å². The normalized spacial score (nSPS) is 13.2. The summed E-state index contributed by atoms with van der Waals surface area (Å²) in [6.07, 6.45) is 0. The molecule has 132 valence electrons. The number of benzene rings is 2. The lowest BCUT2D eigenvalue weighted by atomic mass is 9.92. The van der Waals surface area contributed by atoms with E-state index in [-0.39, 0.29) is 12.5 Å². The molecule has 1 atom stereocenters. The second-order valence-electron chi connectivity index (χ2n) is 6.59. The molecule has 0 aromatic heterocycles. The van der Waals surface area contributed by atoms with Crippen molar-refractivity contribution in [1.82, 2.24) is 5.32 Å². The van der Waals surface area contributed by atoms with Gasteiger partial charge in [-0.2, -0.15) is 0 Å². The molecule has 5 nitrogen and oxygen atoms in total. The van der Waals surface area contributed by atoms with Crippen LogP contribution in [0.15, 0.2) is 54.6 Å². The Hall–Kier alpha value is -2.66. The zero-order valence-electron chi connectivity index (χ0n) is 14.7. The molecule has 3 N–H and O–H groups in total. The van der Waals surface area contributed by atoms with Gasteiger partial charge in [0.15, 0.2) is 0 Å². The van der Waals surface area contributed by atoms with Gasteiger partial charge in [0.1, 0.15) is 0 Å². The van der Waals surface area contributed by atoms with Gasteiger partial charge in [-0.1, -0.05) is 56.3 Å². The van der Waals surface area contributed by atoms with Gasteiger partial charge in [-0.3, -0.25) is 9.59 Å². The van der Waals surface area contributed by atoms with E-state index in [1.165, 1.54) is 0 Å². The first-order valence-electron chi connectivity index (χ1n) is 8.26. The molecule has 0 saturated carbocycles. The van der Waals surface area contributed by atoms with E-state index in [4.69, 9.17) is 0 Å². The molecule has 0 aliphatic rings. The van der Waals surface area contributed by atoms with Crippen LogP contribution in [0.5, 0.6) is 0 Å². The zero-order valence-corrected chi connectivity index (χ0v) is 14.7. The van der Waals surface area contributed by atoms with Crippen LogP contribution in [-0.2, 0) is 9.59 Å². The summed E-state index contributed by atoms with van der Waals surface area (Å²) in [6, 6.07) is 17.1. The predicted molar refractivity (Wildman–Crippen MR) is 99.0 cm³/mol. The Bertz CT molecular complexity index is 722. The highest BCUT2D eigenvalue weighted by molar-refractivity contribution is 6.39. The topological polar surface area (TPSA) is 78.4 Å². The summed E-state index contributed by atoms with van der Waals surface area (Å²) in [4.78, 5) is 23.8. The van der Waals surface area contributed by atoms with Crippen molar-refractivity contribution < 1.29 is 14.7 Å². The Morgan fingerprint density at radius 2 is 1.52 bits per heavy atom. The Balaban J connectivity index is 1.93. The van der Waals surface area contributed by atoms with Gasteiger partial charge in [-0.25, -0.2) is 0 Å². The molecule has 0 fully saturated rings. The molecule has 0 radical (unpaired) electrons. The van der Waals surface area contributed by atoms with E-state index in [1.54, 1.807) is 19.1 Å². The molecule has 0 saturated heterocycles. The van der Waals surface area contributed by atoms with Crippen LogP contribution in [0.25, 0.3) is 11.1 Å². The highest BCUT2D eigenvalue weighted by Gasteiger charge is 2.26. The van der Waals surface area contributed by atoms with Gasteiger partial charge in [0.25, 0.3) is 0 Å². The third kappa shape index (κ3) is 5.16. The van der Waals surface area contributed by atoms with E-state index < -0.39 is 17.4 Å². The van der Waals surface area contributed by atoms with Crippen LogP contribution in [0.1, 0.15) is 20.8 Å². The van der Waals surface area contributed by atoms with Crippen molar-refractivity contribution in [3.05, 3.63) is 54.6 Å². The fourth-order valence-electron chi connectivity index (χ4n) is 2.11. The number of rotatable bonds is 5. The van der Waals surface area contributed by atoms with E-state index in [9.17, 15) is 14.7 Å². The number of hydrogen-bond acceptors (Lipinski definition) is 3. The van der Waals surface area contributed by atoms with E-state index in [0.29, 0.717) is 5.69 Å². The number of anilines is 1. The number of hydrogen-bond donors (Lipinski definition) is 3. The van der Waals surface area contributed by atoms with E-state index in [1.807, 2.05) is 56.3 Å². The lowest BCUT2D eigenvalue weighted by Gasteiger charge is -2.27. The van der Waals surface area contributed by atoms with Crippen molar-refractivity contribution in [2.45, 2.75) is 26.4 Å². The number of carbonyl (C=O) groups excluding carboxylic acids is 2. The van der Waals surface area contributed by atoms with E-state index in [2.05, 4.69) is 10.6 Å². The highest BCUT2D eigenvalue weighted by Crippen LogP contribution is 2.21. The van der Waals surface area contributed by atoms with Gasteiger partial charge in [-0.05, 0) is 36.1 Å². The molecular formula is C20H24N2O3. The number of aliphatic hydroxyl groups is 1. The lowest BCUT2D eigenvalue weighted by Crippen LogP contribution is -2.47. The van der Waals surface area contributed by atoms with E-state index >= 15 is 0 Å². The van der Waals surface area contributed by atoms with E-state index in [0.717, 1.165) is 11.1 Å². The lowest BCUT2D eigenvalue weighted by molar-refractivity contribution is -0.137. The molecule has 5 heteroatoms. The standard InChI is InChI=1S/C20H24N2O3/c1-14(2)20(3,25)13-21-18(23)19(24)22-17-11-9-16(10-12-17)15-7-5-4-6-8-15/h4-12,14,25H,13H2,1-3H3,(H,21,23)(H,22,24). The first-order chi connectivity index (χ1) is 11.8. The zero-order chi connectivity index (χ0) is 18.4. The molecule has 25 heavy (non-hydrogen) atoms. The summed E-state index contributed by atoms with van der Waals surface area (Å²) >= 11 is 0. The number of amides is 2. The second-order valence-corrected chi connectivity index (χ2v) is 6.59. The summed E-state index contributed by atoms with van der Waals surface area (Å²) in [5, 5.41) is 15.1. The highest BCUT2D eigenvalue weighted by atomic mass is 16.3. The molecule has 1 unspecified atom stereocenters. The molecule has 0 heterocycles. The van der Waals surface area contributed by atoms with Crippen molar-refractivity contribution in [2.24, 2.45) is 5.92 Å². The molecule has 0 aliphatic heterocycles. The van der Waals surface area contributed by atoms with Crippen LogP contribution >= 0.6 is 0 Å². The smallest absolute Gasteiger partial charge is 0.313 e. The van der Waals surface area contributed by atoms with Crippen molar-refractivity contribution in [2.75, 3.05) is 11.9 Å².